The largest absolute Gasteiger partial charge is 0.383 e. The molecule has 2 aromatic heterocycles. The van der Waals surface area contributed by atoms with Gasteiger partial charge in [-0.15, -0.1) is 0 Å². The van der Waals surface area contributed by atoms with Gasteiger partial charge in [-0.25, -0.2) is 4.98 Å². The van der Waals surface area contributed by atoms with Crippen LogP contribution in [0.3, 0.4) is 0 Å². The molecule has 0 fully saturated rings. The third-order valence-electron chi connectivity index (χ3n) is 2.43. The molecule has 2 heterocycles. The van der Waals surface area contributed by atoms with Crippen molar-refractivity contribution >= 4 is 5.82 Å². The number of nitrogen functional groups attached to an aromatic ring is 1. The first-order valence-electron chi connectivity index (χ1n) is 4.96. The van der Waals surface area contributed by atoms with Crippen LogP contribution < -0.4 is 5.73 Å². The molecule has 0 aromatic carbocycles. The minimum atomic E-state index is 0.561. The first-order chi connectivity index (χ1) is 7.22. The maximum absolute atomic E-state index is 5.86. The van der Waals surface area contributed by atoms with Gasteiger partial charge in [0.1, 0.15) is 5.82 Å². The van der Waals surface area contributed by atoms with Gasteiger partial charge in [0.05, 0.1) is 6.20 Å². The number of aryl methyl sites for hydroxylation is 2. The van der Waals surface area contributed by atoms with Gasteiger partial charge in [0.25, 0.3) is 0 Å². The fraction of sp³-hybridized carbons (Fsp3) is 0.273. The third-order valence-corrected chi connectivity index (χ3v) is 2.43. The molecule has 4 heteroatoms. The first-order valence-corrected chi connectivity index (χ1v) is 4.96. The standard InChI is InChI=1S/C11H14N4/c1-3-15-7-9(6-14-15)10-8(2)4-5-13-11(10)12/h4-7H,3H2,1-2H3,(H2,12,13). The Morgan fingerprint density at radius 1 is 1.47 bits per heavy atom. The molecule has 78 valence electrons. The number of nitrogens with two attached hydrogens (primary N) is 1. The second-order valence-corrected chi connectivity index (χ2v) is 3.47. The summed E-state index contributed by atoms with van der Waals surface area (Å²) in [6.45, 7) is 4.94. The van der Waals surface area contributed by atoms with Crippen molar-refractivity contribution in [1.82, 2.24) is 14.8 Å². The van der Waals surface area contributed by atoms with Gasteiger partial charge in [-0.2, -0.15) is 5.10 Å². The Morgan fingerprint density at radius 2 is 2.27 bits per heavy atom. The van der Waals surface area contributed by atoms with Gasteiger partial charge in [-0.1, -0.05) is 0 Å². The molecule has 0 saturated carbocycles. The zero-order valence-corrected chi connectivity index (χ0v) is 8.94. The van der Waals surface area contributed by atoms with E-state index in [1.807, 2.05) is 30.1 Å². The van der Waals surface area contributed by atoms with Crippen LogP contribution in [0.25, 0.3) is 11.1 Å². The SMILES string of the molecule is CCn1cc(-c2c(C)ccnc2N)cn1. The molecule has 0 saturated heterocycles. The molecular weight excluding hydrogens is 188 g/mol. The summed E-state index contributed by atoms with van der Waals surface area (Å²) in [6, 6.07) is 1.95. The molecule has 0 aliphatic heterocycles. The lowest BCUT2D eigenvalue weighted by Gasteiger charge is -2.05. The van der Waals surface area contributed by atoms with Crippen LogP contribution in [-0.2, 0) is 6.54 Å². The summed E-state index contributed by atoms with van der Waals surface area (Å²) >= 11 is 0. The molecule has 0 radical (unpaired) electrons. The van der Waals surface area contributed by atoms with E-state index in [4.69, 9.17) is 5.73 Å². The van der Waals surface area contributed by atoms with Crippen molar-refractivity contribution in [2.24, 2.45) is 0 Å². The highest BCUT2D eigenvalue weighted by atomic mass is 15.3. The number of aromatic nitrogens is 3. The normalized spacial score (nSPS) is 10.5. The van der Waals surface area contributed by atoms with E-state index in [1.165, 1.54) is 0 Å². The van der Waals surface area contributed by atoms with Crippen molar-refractivity contribution in [3.63, 3.8) is 0 Å². The van der Waals surface area contributed by atoms with Crippen LogP contribution in [0.5, 0.6) is 0 Å². The van der Waals surface area contributed by atoms with Gasteiger partial charge in [-0.3, -0.25) is 4.68 Å². The number of pyridine rings is 1. The van der Waals surface area contributed by atoms with Crippen molar-refractivity contribution in [3.05, 3.63) is 30.2 Å². The lowest BCUT2D eigenvalue weighted by Crippen LogP contribution is -1.95. The molecule has 0 aliphatic carbocycles. The highest BCUT2D eigenvalue weighted by Gasteiger charge is 2.08. The maximum Gasteiger partial charge on any atom is 0.131 e. The first kappa shape index (κ1) is 9.71. The number of anilines is 1. The van der Waals surface area contributed by atoms with Crippen molar-refractivity contribution < 1.29 is 0 Å². The average molecular weight is 202 g/mol. The van der Waals surface area contributed by atoms with Gasteiger partial charge in [0, 0.05) is 30.1 Å². The van der Waals surface area contributed by atoms with E-state index in [-0.39, 0.29) is 0 Å². The van der Waals surface area contributed by atoms with Crippen LogP contribution in [0.15, 0.2) is 24.7 Å². The fourth-order valence-corrected chi connectivity index (χ4v) is 1.62. The number of nitrogens with zero attached hydrogens (tertiary/aromatic N) is 3. The minimum absolute atomic E-state index is 0.561. The zero-order valence-electron chi connectivity index (χ0n) is 8.94. The van der Waals surface area contributed by atoms with E-state index in [2.05, 4.69) is 17.0 Å². The molecule has 2 rings (SSSR count). The van der Waals surface area contributed by atoms with Gasteiger partial charge in [-0.05, 0) is 25.5 Å². The number of rotatable bonds is 2. The fourth-order valence-electron chi connectivity index (χ4n) is 1.62. The zero-order chi connectivity index (χ0) is 10.8. The molecule has 0 unspecified atom stereocenters. The second-order valence-electron chi connectivity index (χ2n) is 3.47. The van der Waals surface area contributed by atoms with E-state index in [9.17, 15) is 0 Å². The molecule has 15 heavy (non-hydrogen) atoms. The van der Waals surface area contributed by atoms with Crippen molar-refractivity contribution in [3.8, 4) is 11.1 Å². The summed E-state index contributed by atoms with van der Waals surface area (Å²) in [5.74, 6) is 0.561. The summed E-state index contributed by atoms with van der Waals surface area (Å²) < 4.78 is 1.88. The third kappa shape index (κ3) is 1.70. The Bertz CT molecular complexity index is 453. The van der Waals surface area contributed by atoms with Gasteiger partial charge in [0.2, 0.25) is 0 Å². The van der Waals surface area contributed by atoms with E-state index in [0.29, 0.717) is 5.82 Å². The Kier molecular flexibility index (Phi) is 2.41. The van der Waals surface area contributed by atoms with E-state index in [1.54, 1.807) is 6.20 Å². The molecule has 0 atom stereocenters. The molecule has 2 aromatic rings. The monoisotopic (exact) mass is 202 g/mol. The number of hydrogen-bond acceptors (Lipinski definition) is 3. The van der Waals surface area contributed by atoms with Crippen molar-refractivity contribution in [2.45, 2.75) is 20.4 Å². The summed E-state index contributed by atoms with van der Waals surface area (Å²) in [5, 5.41) is 4.23. The summed E-state index contributed by atoms with van der Waals surface area (Å²) in [4.78, 5) is 4.09. The lowest BCUT2D eigenvalue weighted by atomic mass is 10.1. The molecule has 0 spiro atoms. The topological polar surface area (TPSA) is 56.7 Å². The highest BCUT2D eigenvalue weighted by Crippen LogP contribution is 2.26. The molecule has 0 aliphatic rings. The summed E-state index contributed by atoms with van der Waals surface area (Å²) in [5.41, 5.74) is 8.99. The predicted molar refractivity (Wildman–Crippen MR) is 60.3 cm³/mol. The lowest BCUT2D eigenvalue weighted by molar-refractivity contribution is 0.660. The van der Waals surface area contributed by atoms with E-state index >= 15 is 0 Å². The van der Waals surface area contributed by atoms with Crippen LogP contribution >= 0.6 is 0 Å². The molecular formula is C11H14N4. The van der Waals surface area contributed by atoms with Crippen LogP contribution in [-0.4, -0.2) is 14.8 Å². The predicted octanol–water partition coefficient (Wildman–Crippen LogP) is 1.86. The van der Waals surface area contributed by atoms with Gasteiger partial charge >= 0.3 is 0 Å². The quantitative estimate of drug-likeness (QED) is 0.808. The smallest absolute Gasteiger partial charge is 0.131 e. The Morgan fingerprint density at radius 3 is 2.87 bits per heavy atom. The van der Waals surface area contributed by atoms with Crippen LogP contribution in [0.2, 0.25) is 0 Å². The molecule has 2 N–H and O–H groups in total. The summed E-state index contributed by atoms with van der Waals surface area (Å²) in [6.07, 6.45) is 5.53. The maximum atomic E-state index is 5.86. The molecule has 4 nitrogen and oxygen atoms in total. The Hall–Kier alpha value is -1.84. The second kappa shape index (κ2) is 3.73. The van der Waals surface area contributed by atoms with Crippen LogP contribution in [0.1, 0.15) is 12.5 Å². The van der Waals surface area contributed by atoms with Crippen LogP contribution in [0, 0.1) is 6.92 Å². The number of hydrogen-bond donors (Lipinski definition) is 1. The molecule has 0 bridgehead atoms. The highest BCUT2D eigenvalue weighted by molar-refractivity contribution is 5.75. The van der Waals surface area contributed by atoms with Crippen LogP contribution in [0.4, 0.5) is 5.82 Å². The van der Waals surface area contributed by atoms with E-state index in [0.717, 1.165) is 23.2 Å². The van der Waals surface area contributed by atoms with Gasteiger partial charge < -0.3 is 5.73 Å². The summed E-state index contributed by atoms with van der Waals surface area (Å²) in [7, 11) is 0. The Labute approximate surface area is 88.8 Å². The minimum Gasteiger partial charge on any atom is -0.383 e. The van der Waals surface area contributed by atoms with E-state index < -0.39 is 0 Å². The molecule has 0 amide bonds. The van der Waals surface area contributed by atoms with Gasteiger partial charge in [0.15, 0.2) is 0 Å². The van der Waals surface area contributed by atoms with Crippen molar-refractivity contribution in [2.75, 3.05) is 5.73 Å². The Balaban J connectivity index is 2.53. The average Bonchev–Trinajstić information content (AvgIpc) is 2.66. The van der Waals surface area contributed by atoms with Crippen molar-refractivity contribution in [1.29, 1.82) is 0 Å².